The first-order chi connectivity index (χ1) is 16.1. The molecule has 0 saturated heterocycles. The van der Waals surface area contributed by atoms with Crippen LogP contribution in [0.4, 0.5) is 0 Å². The highest BCUT2D eigenvalue weighted by Gasteiger charge is 2.19. The number of hydrogen-bond donors (Lipinski definition) is 1. The second kappa shape index (κ2) is 8.74. The van der Waals surface area contributed by atoms with Gasteiger partial charge in [0.05, 0.1) is 29.7 Å². The summed E-state index contributed by atoms with van der Waals surface area (Å²) in [7, 11) is 0. The number of furan rings is 1. The van der Waals surface area contributed by atoms with Crippen LogP contribution in [-0.4, -0.2) is 30.2 Å². The number of benzene rings is 1. The monoisotopic (exact) mass is 440 g/mol. The summed E-state index contributed by atoms with van der Waals surface area (Å²) in [5, 5.41) is 8.26. The third-order valence-corrected chi connectivity index (χ3v) is 5.54. The van der Waals surface area contributed by atoms with Crippen molar-refractivity contribution in [2.75, 3.05) is 0 Å². The Bertz CT molecular complexity index is 1380. The number of nitrogens with zero attached hydrogens (tertiary/aromatic N) is 5. The van der Waals surface area contributed by atoms with E-state index < -0.39 is 0 Å². The van der Waals surface area contributed by atoms with Gasteiger partial charge in [-0.2, -0.15) is 5.10 Å². The maximum atomic E-state index is 13.3. The Morgan fingerprint density at radius 1 is 1.15 bits per heavy atom. The summed E-state index contributed by atoms with van der Waals surface area (Å²) in [6.45, 7) is 5.16. The van der Waals surface area contributed by atoms with Crippen molar-refractivity contribution in [1.82, 2.24) is 29.6 Å². The van der Waals surface area contributed by atoms with Crippen molar-refractivity contribution in [2.45, 2.75) is 33.0 Å². The molecular formula is C25H24N6O2. The van der Waals surface area contributed by atoms with Crippen molar-refractivity contribution in [1.29, 1.82) is 0 Å². The lowest BCUT2D eigenvalue weighted by Gasteiger charge is -2.13. The van der Waals surface area contributed by atoms with Gasteiger partial charge < -0.3 is 14.3 Å². The number of fused-ring (bicyclic) bond motifs is 1. The maximum absolute atomic E-state index is 13.3. The van der Waals surface area contributed by atoms with E-state index in [1.54, 1.807) is 37.1 Å². The van der Waals surface area contributed by atoms with Gasteiger partial charge in [0.25, 0.3) is 5.91 Å². The van der Waals surface area contributed by atoms with Gasteiger partial charge in [0.15, 0.2) is 11.4 Å². The van der Waals surface area contributed by atoms with Crippen molar-refractivity contribution < 1.29 is 9.21 Å². The largest absolute Gasteiger partial charge is 0.463 e. The smallest absolute Gasteiger partial charge is 0.252 e. The van der Waals surface area contributed by atoms with Crippen molar-refractivity contribution >= 4 is 16.9 Å². The zero-order valence-electron chi connectivity index (χ0n) is 18.5. The van der Waals surface area contributed by atoms with Gasteiger partial charge in [0.2, 0.25) is 0 Å². The fourth-order valence-electron chi connectivity index (χ4n) is 3.87. The average molecular weight is 441 g/mol. The molecule has 1 amide bonds. The number of imidazole rings is 1. The van der Waals surface area contributed by atoms with E-state index in [1.165, 1.54) is 0 Å². The summed E-state index contributed by atoms with van der Waals surface area (Å²) in [6, 6.07) is 13.6. The quantitative estimate of drug-likeness (QED) is 0.404. The molecule has 0 aliphatic heterocycles. The number of carbonyl (C=O) groups is 1. The molecule has 0 unspecified atom stereocenters. The molecule has 4 aromatic heterocycles. The van der Waals surface area contributed by atoms with Crippen LogP contribution >= 0.6 is 0 Å². The molecule has 0 saturated carbocycles. The minimum Gasteiger partial charge on any atom is -0.463 e. The van der Waals surface area contributed by atoms with Crippen LogP contribution in [0.1, 0.15) is 41.4 Å². The molecule has 4 heterocycles. The summed E-state index contributed by atoms with van der Waals surface area (Å²) < 4.78 is 9.37. The zero-order valence-corrected chi connectivity index (χ0v) is 18.5. The Morgan fingerprint density at radius 2 is 2.00 bits per heavy atom. The minimum atomic E-state index is -0.184. The molecule has 5 rings (SSSR count). The highest BCUT2D eigenvalue weighted by molar-refractivity contribution is 6.06. The predicted molar refractivity (Wildman–Crippen MR) is 125 cm³/mol. The molecule has 5 aromatic rings. The van der Waals surface area contributed by atoms with Crippen molar-refractivity contribution in [3.05, 3.63) is 90.3 Å². The Kier molecular flexibility index (Phi) is 5.48. The van der Waals surface area contributed by atoms with Crippen LogP contribution in [0.3, 0.4) is 0 Å². The van der Waals surface area contributed by atoms with Gasteiger partial charge in [-0.05, 0) is 43.2 Å². The fraction of sp³-hybridized carbons (Fsp3) is 0.200. The molecule has 0 bridgehead atoms. The van der Waals surface area contributed by atoms with Crippen LogP contribution in [0.2, 0.25) is 0 Å². The topological polar surface area (TPSA) is 90.8 Å². The number of hydrogen-bond acceptors (Lipinski definition) is 5. The van der Waals surface area contributed by atoms with Crippen LogP contribution in [0.25, 0.3) is 22.5 Å². The van der Waals surface area contributed by atoms with Crippen molar-refractivity contribution in [3.8, 4) is 11.5 Å². The van der Waals surface area contributed by atoms with E-state index in [2.05, 4.69) is 21.5 Å². The number of amides is 1. The third kappa shape index (κ3) is 4.15. The first-order valence-corrected chi connectivity index (χ1v) is 10.8. The van der Waals surface area contributed by atoms with E-state index >= 15 is 0 Å². The van der Waals surface area contributed by atoms with Crippen LogP contribution in [0.15, 0.2) is 78.1 Å². The van der Waals surface area contributed by atoms with Crippen LogP contribution < -0.4 is 5.32 Å². The van der Waals surface area contributed by atoms with Gasteiger partial charge in [0, 0.05) is 31.5 Å². The van der Waals surface area contributed by atoms with Crippen molar-refractivity contribution in [2.24, 2.45) is 0 Å². The van der Waals surface area contributed by atoms with E-state index in [0.717, 1.165) is 11.1 Å². The molecule has 0 atom stereocenters. The molecule has 0 radical (unpaired) electrons. The molecule has 166 valence electrons. The van der Waals surface area contributed by atoms with Crippen molar-refractivity contribution in [3.63, 3.8) is 0 Å². The van der Waals surface area contributed by atoms with Gasteiger partial charge in [-0.15, -0.1) is 0 Å². The van der Waals surface area contributed by atoms with Crippen LogP contribution in [-0.2, 0) is 13.1 Å². The second-order valence-corrected chi connectivity index (χ2v) is 8.14. The molecule has 8 nitrogen and oxygen atoms in total. The van der Waals surface area contributed by atoms with Gasteiger partial charge in [-0.25, -0.2) is 14.6 Å². The Balaban J connectivity index is 1.46. The first kappa shape index (κ1) is 20.7. The second-order valence-electron chi connectivity index (χ2n) is 8.14. The van der Waals surface area contributed by atoms with Gasteiger partial charge in [-0.3, -0.25) is 4.79 Å². The van der Waals surface area contributed by atoms with Gasteiger partial charge >= 0.3 is 0 Å². The van der Waals surface area contributed by atoms with E-state index in [0.29, 0.717) is 41.1 Å². The Labute approximate surface area is 190 Å². The summed E-state index contributed by atoms with van der Waals surface area (Å²) in [5.74, 6) is 0.420. The lowest BCUT2D eigenvalue weighted by molar-refractivity contribution is 0.0952. The zero-order chi connectivity index (χ0) is 22.8. The van der Waals surface area contributed by atoms with Crippen LogP contribution in [0.5, 0.6) is 0 Å². The summed E-state index contributed by atoms with van der Waals surface area (Å²) in [6.07, 6.45) is 8.76. The summed E-state index contributed by atoms with van der Waals surface area (Å²) in [5.41, 5.74) is 3.95. The van der Waals surface area contributed by atoms with E-state index in [-0.39, 0.29) is 11.9 Å². The lowest BCUT2D eigenvalue weighted by atomic mass is 10.1. The number of pyridine rings is 1. The predicted octanol–water partition coefficient (Wildman–Crippen LogP) is 4.45. The average Bonchev–Trinajstić information content (AvgIpc) is 3.59. The molecule has 8 heteroatoms. The number of nitrogens with one attached hydrogen (secondary N) is 1. The maximum Gasteiger partial charge on any atom is 0.252 e. The standard InChI is InChI=1S/C25H24N6O2/c1-17(2)31-24-21(14-28-31)20(12-22(29-24)23-8-5-11-33-23)25(32)27-13-18-6-3-4-7-19(18)15-30-10-9-26-16-30/h3-12,14,16-17H,13,15H2,1-2H3,(H,27,32). The Morgan fingerprint density at radius 3 is 2.73 bits per heavy atom. The lowest BCUT2D eigenvalue weighted by Crippen LogP contribution is -2.24. The first-order valence-electron chi connectivity index (χ1n) is 10.8. The number of rotatable bonds is 7. The van der Waals surface area contributed by atoms with Gasteiger partial charge in [0.1, 0.15) is 5.69 Å². The minimum absolute atomic E-state index is 0.104. The summed E-state index contributed by atoms with van der Waals surface area (Å²) in [4.78, 5) is 22.2. The fourth-order valence-corrected chi connectivity index (χ4v) is 3.87. The molecule has 0 aliphatic rings. The van der Waals surface area contributed by atoms with Gasteiger partial charge in [-0.1, -0.05) is 24.3 Å². The molecule has 0 spiro atoms. The molecule has 1 aromatic carbocycles. The highest BCUT2D eigenvalue weighted by atomic mass is 16.3. The number of aromatic nitrogens is 5. The Hall–Kier alpha value is -4.20. The molecular weight excluding hydrogens is 416 g/mol. The van der Waals surface area contributed by atoms with Crippen LogP contribution in [0, 0.1) is 0 Å². The summed E-state index contributed by atoms with van der Waals surface area (Å²) >= 11 is 0. The SMILES string of the molecule is CC(C)n1ncc2c(C(=O)NCc3ccccc3Cn3ccnc3)cc(-c3ccco3)nc21. The highest BCUT2D eigenvalue weighted by Crippen LogP contribution is 2.26. The van der Waals surface area contributed by atoms with E-state index in [1.807, 2.05) is 53.6 Å². The molecule has 0 aliphatic carbocycles. The van der Waals surface area contributed by atoms with E-state index in [9.17, 15) is 4.79 Å². The number of carbonyl (C=O) groups excluding carboxylic acids is 1. The molecule has 33 heavy (non-hydrogen) atoms. The molecule has 0 fully saturated rings. The normalized spacial score (nSPS) is 11.4. The third-order valence-electron chi connectivity index (χ3n) is 5.54. The molecule has 1 N–H and O–H groups in total. The van der Waals surface area contributed by atoms with E-state index in [4.69, 9.17) is 9.40 Å².